The van der Waals surface area contributed by atoms with Crippen LogP contribution in [0.5, 0.6) is 11.5 Å². The highest BCUT2D eigenvalue weighted by Crippen LogP contribution is 2.30. The Morgan fingerprint density at radius 3 is 2.52 bits per heavy atom. The molecule has 2 nitrogen and oxygen atoms in total. The molecule has 1 saturated carbocycles. The highest BCUT2D eigenvalue weighted by Gasteiger charge is 2.21. The molecule has 0 radical (unpaired) electrons. The minimum absolute atomic E-state index is 0.300. The standard InChI is InChI=1S/C17H17F2NO/c1-11-2-3-14(19)9-17(11)21-16-7-4-13(18)8-12(16)10-20-15-5-6-15/h2-4,7-9,15,20H,5-6,10H2,1H3. The number of hydrogen-bond donors (Lipinski definition) is 1. The molecule has 2 aromatic rings. The summed E-state index contributed by atoms with van der Waals surface area (Å²) in [4.78, 5) is 0. The van der Waals surface area contributed by atoms with E-state index in [1.54, 1.807) is 12.1 Å². The van der Waals surface area contributed by atoms with Crippen molar-refractivity contribution >= 4 is 0 Å². The summed E-state index contributed by atoms with van der Waals surface area (Å²) < 4.78 is 32.5. The fourth-order valence-corrected chi connectivity index (χ4v) is 2.13. The second-order valence-corrected chi connectivity index (χ2v) is 5.42. The van der Waals surface area contributed by atoms with Crippen LogP contribution in [0.2, 0.25) is 0 Å². The van der Waals surface area contributed by atoms with Gasteiger partial charge in [0, 0.05) is 24.2 Å². The van der Waals surface area contributed by atoms with E-state index in [0.29, 0.717) is 24.1 Å². The highest BCUT2D eigenvalue weighted by molar-refractivity contribution is 5.41. The van der Waals surface area contributed by atoms with Crippen molar-refractivity contribution < 1.29 is 13.5 Å². The van der Waals surface area contributed by atoms with Gasteiger partial charge in [-0.25, -0.2) is 8.78 Å². The van der Waals surface area contributed by atoms with Crippen LogP contribution >= 0.6 is 0 Å². The summed E-state index contributed by atoms with van der Waals surface area (Å²) >= 11 is 0. The molecular weight excluding hydrogens is 272 g/mol. The summed E-state index contributed by atoms with van der Waals surface area (Å²) in [5.74, 6) is 0.355. The van der Waals surface area contributed by atoms with Crippen LogP contribution in [0.4, 0.5) is 8.78 Å². The van der Waals surface area contributed by atoms with Crippen molar-refractivity contribution in [1.82, 2.24) is 5.32 Å². The van der Waals surface area contributed by atoms with Gasteiger partial charge in [0.25, 0.3) is 0 Å². The number of hydrogen-bond acceptors (Lipinski definition) is 2. The van der Waals surface area contributed by atoms with Crippen LogP contribution in [0.3, 0.4) is 0 Å². The largest absolute Gasteiger partial charge is 0.457 e. The molecule has 0 unspecified atom stereocenters. The van der Waals surface area contributed by atoms with Crippen molar-refractivity contribution in [1.29, 1.82) is 0 Å². The second kappa shape index (κ2) is 5.82. The highest BCUT2D eigenvalue weighted by atomic mass is 19.1. The number of halogens is 2. The Balaban J connectivity index is 1.84. The van der Waals surface area contributed by atoms with Gasteiger partial charge in [-0.15, -0.1) is 0 Å². The van der Waals surface area contributed by atoms with E-state index >= 15 is 0 Å². The van der Waals surface area contributed by atoms with E-state index in [0.717, 1.165) is 24.0 Å². The van der Waals surface area contributed by atoms with Gasteiger partial charge in [0.1, 0.15) is 23.1 Å². The minimum atomic E-state index is -0.352. The lowest BCUT2D eigenvalue weighted by molar-refractivity contribution is 0.461. The number of ether oxygens (including phenoxy) is 1. The van der Waals surface area contributed by atoms with Gasteiger partial charge in [-0.1, -0.05) is 6.07 Å². The van der Waals surface area contributed by atoms with Crippen LogP contribution in [0.25, 0.3) is 0 Å². The van der Waals surface area contributed by atoms with Crippen molar-refractivity contribution in [3.05, 3.63) is 59.2 Å². The van der Waals surface area contributed by atoms with Crippen molar-refractivity contribution in [3.8, 4) is 11.5 Å². The summed E-state index contributed by atoms with van der Waals surface area (Å²) in [5, 5.41) is 3.33. The van der Waals surface area contributed by atoms with E-state index in [2.05, 4.69) is 5.32 Å². The summed E-state index contributed by atoms with van der Waals surface area (Å²) in [6.07, 6.45) is 2.32. The van der Waals surface area contributed by atoms with E-state index in [4.69, 9.17) is 4.74 Å². The molecule has 0 saturated heterocycles. The summed E-state index contributed by atoms with van der Waals surface area (Å²) in [6, 6.07) is 9.32. The Morgan fingerprint density at radius 1 is 1.05 bits per heavy atom. The van der Waals surface area contributed by atoms with Gasteiger partial charge in [-0.3, -0.25) is 0 Å². The molecule has 2 aromatic carbocycles. The van der Waals surface area contributed by atoms with Crippen LogP contribution in [-0.4, -0.2) is 6.04 Å². The van der Waals surface area contributed by atoms with E-state index in [9.17, 15) is 8.78 Å². The van der Waals surface area contributed by atoms with Crippen LogP contribution in [0, 0.1) is 18.6 Å². The summed E-state index contributed by atoms with van der Waals surface area (Å²) in [6.45, 7) is 2.40. The average Bonchev–Trinajstić information content (AvgIpc) is 3.27. The molecule has 1 aliphatic rings. The predicted molar refractivity (Wildman–Crippen MR) is 77.5 cm³/mol. The quantitative estimate of drug-likeness (QED) is 0.885. The molecule has 0 aromatic heterocycles. The Morgan fingerprint density at radius 2 is 1.76 bits per heavy atom. The molecule has 21 heavy (non-hydrogen) atoms. The first-order chi connectivity index (χ1) is 10.1. The number of aryl methyl sites for hydroxylation is 1. The molecule has 1 aliphatic carbocycles. The molecule has 1 fully saturated rings. The molecule has 0 aliphatic heterocycles. The van der Waals surface area contributed by atoms with Crippen molar-refractivity contribution in [2.45, 2.75) is 32.4 Å². The van der Waals surface area contributed by atoms with Crippen LogP contribution in [0.1, 0.15) is 24.0 Å². The smallest absolute Gasteiger partial charge is 0.133 e. The third-order valence-corrected chi connectivity index (χ3v) is 3.55. The average molecular weight is 289 g/mol. The first-order valence-electron chi connectivity index (χ1n) is 7.07. The third kappa shape index (κ3) is 3.58. The monoisotopic (exact) mass is 289 g/mol. The third-order valence-electron chi connectivity index (χ3n) is 3.55. The molecule has 0 amide bonds. The fourth-order valence-electron chi connectivity index (χ4n) is 2.13. The van der Waals surface area contributed by atoms with Gasteiger partial charge in [-0.05, 0) is 49.6 Å². The maximum atomic E-state index is 13.4. The Labute approximate surface area is 122 Å². The van der Waals surface area contributed by atoms with E-state index in [1.165, 1.54) is 24.3 Å². The fraction of sp³-hybridized carbons (Fsp3) is 0.294. The van der Waals surface area contributed by atoms with Crippen molar-refractivity contribution in [2.75, 3.05) is 0 Å². The first-order valence-corrected chi connectivity index (χ1v) is 7.07. The Bertz CT molecular complexity index is 653. The topological polar surface area (TPSA) is 21.3 Å². The van der Waals surface area contributed by atoms with Gasteiger partial charge in [0.15, 0.2) is 0 Å². The number of rotatable bonds is 5. The lowest BCUT2D eigenvalue weighted by Gasteiger charge is -2.13. The molecule has 4 heteroatoms. The zero-order chi connectivity index (χ0) is 14.8. The number of nitrogens with one attached hydrogen (secondary N) is 1. The lowest BCUT2D eigenvalue weighted by atomic mass is 10.1. The minimum Gasteiger partial charge on any atom is -0.457 e. The second-order valence-electron chi connectivity index (χ2n) is 5.42. The zero-order valence-electron chi connectivity index (χ0n) is 11.8. The zero-order valence-corrected chi connectivity index (χ0v) is 11.8. The molecule has 110 valence electrons. The normalized spacial score (nSPS) is 14.2. The Hall–Kier alpha value is -1.94. The molecule has 0 heterocycles. The van der Waals surface area contributed by atoms with Crippen LogP contribution < -0.4 is 10.1 Å². The first kappa shape index (κ1) is 14.0. The van der Waals surface area contributed by atoms with Gasteiger partial charge >= 0.3 is 0 Å². The van der Waals surface area contributed by atoms with E-state index in [-0.39, 0.29) is 11.6 Å². The van der Waals surface area contributed by atoms with Gasteiger partial charge in [0.05, 0.1) is 0 Å². The van der Waals surface area contributed by atoms with Crippen LogP contribution in [-0.2, 0) is 6.54 Å². The SMILES string of the molecule is Cc1ccc(F)cc1Oc1ccc(F)cc1CNC1CC1. The van der Waals surface area contributed by atoms with Gasteiger partial charge < -0.3 is 10.1 Å². The van der Waals surface area contributed by atoms with Crippen molar-refractivity contribution in [2.24, 2.45) is 0 Å². The number of benzene rings is 2. The van der Waals surface area contributed by atoms with E-state index < -0.39 is 0 Å². The predicted octanol–water partition coefficient (Wildman–Crippen LogP) is 4.32. The van der Waals surface area contributed by atoms with Gasteiger partial charge in [-0.2, -0.15) is 0 Å². The molecule has 0 atom stereocenters. The molecule has 0 bridgehead atoms. The van der Waals surface area contributed by atoms with Gasteiger partial charge in [0.2, 0.25) is 0 Å². The maximum Gasteiger partial charge on any atom is 0.133 e. The summed E-state index contributed by atoms with van der Waals surface area (Å²) in [5.41, 5.74) is 1.58. The van der Waals surface area contributed by atoms with E-state index in [1.807, 2.05) is 6.92 Å². The maximum absolute atomic E-state index is 13.4. The molecule has 0 spiro atoms. The Kier molecular flexibility index (Phi) is 3.88. The van der Waals surface area contributed by atoms with Crippen LogP contribution in [0.15, 0.2) is 36.4 Å². The lowest BCUT2D eigenvalue weighted by Crippen LogP contribution is -2.16. The molecule has 3 rings (SSSR count). The molecule has 1 N–H and O–H groups in total. The van der Waals surface area contributed by atoms with Crippen molar-refractivity contribution in [3.63, 3.8) is 0 Å². The molecular formula is C17H17F2NO. The summed E-state index contributed by atoms with van der Waals surface area (Å²) in [7, 11) is 0.